The Bertz CT molecular complexity index is 1500. The first-order valence-corrected chi connectivity index (χ1v) is 10.2. The summed E-state index contributed by atoms with van der Waals surface area (Å²) in [6, 6.07) is 26.8. The molecule has 0 unspecified atom stereocenters. The van der Waals surface area contributed by atoms with Crippen molar-refractivity contribution in [1.82, 2.24) is 4.98 Å². The van der Waals surface area contributed by atoms with Crippen LogP contribution < -0.4 is 29.6 Å². The third-order valence-corrected chi connectivity index (χ3v) is 5.73. The van der Waals surface area contributed by atoms with Gasteiger partial charge in [-0.15, -0.1) is 0 Å². The molecule has 4 aromatic carbocycles. The van der Waals surface area contributed by atoms with Gasteiger partial charge in [0.05, 0.1) is 5.52 Å². The molecule has 0 spiro atoms. The Morgan fingerprint density at radius 1 is 0.655 bits per heavy atom. The van der Waals surface area contributed by atoms with Gasteiger partial charge in [0, 0.05) is 10.9 Å². The van der Waals surface area contributed by atoms with Crippen molar-refractivity contribution in [2.75, 3.05) is 0 Å². The molecule has 6 heteroatoms. The topological polar surface area (TPSA) is 70.1 Å². The van der Waals surface area contributed by atoms with Crippen molar-refractivity contribution in [1.29, 1.82) is 0 Å². The normalized spacial score (nSPS) is 11.6. The number of hydrogen-bond donors (Lipinski definition) is 0. The minimum atomic E-state index is -4.72. The number of aromatic nitrogens is 1. The van der Waals surface area contributed by atoms with E-state index in [1.54, 1.807) is 18.2 Å². The monoisotopic (exact) mass is 407 g/mol. The predicted octanol–water partition coefficient (Wildman–Crippen LogP) is 2.12. The van der Waals surface area contributed by atoms with Crippen LogP contribution in [0.1, 0.15) is 0 Å². The summed E-state index contributed by atoms with van der Waals surface area (Å²) in [6.07, 6.45) is 0. The Morgan fingerprint density at radius 2 is 1.24 bits per heavy atom. The molecular weight excluding hydrogens is 393 g/mol. The standard InChI is InChI=1S/C23H15NO3S.Na/c25-28(26,27)23-21(14-19-7-3-4-8-22(19)24-23)18-10-9-17-11-15-5-1-2-6-16(15)12-20(17)13-18;/h1-14H,(H,25,26,27);/q;+1/p-1. The van der Waals surface area contributed by atoms with Crippen LogP contribution >= 0.6 is 0 Å². The second kappa shape index (κ2) is 7.52. The van der Waals surface area contributed by atoms with Crippen LogP contribution in [0.4, 0.5) is 0 Å². The number of hydrogen-bond acceptors (Lipinski definition) is 4. The van der Waals surface area contributed by atoms with Gasteiger partial charge >= 0.3 is 29.6 Å². The van der Waals surface area contributed by atoms with Gasteiger partial charge in [-0.25, -0.2) is 13.4 Å². The first-order chi connectivity index (χ1) is 13.5. The molecule has 29 heavy (non-hydrogen) atoms. The van der Waals surface area contributed by atoms with E-state index in [2.05, 4.69) is 23.2 Å². The predicted molar refractivity (Wildman–Crippen MR) is 110 cm³/mol. The quantitative estimate of drug-likeness (QED) is 0.255. The fraction of sp³-hybridized carbons (Fsp3) is 0. The van der Waals surface area contributed by atoms with E-state index in [1.165, 1.54) is 0 Å². The van der Waals surface area contributed by atoms with Crippen LogP contribution in [0.3, 0.4) is 0 Å². The number of pyridine rings is 1. The molecule has 5 aromatic rings. The maximum atomic E-state index is 11.9. The third kappa shape index (κ3) is 3.68. The Hall–Kier alpha value is -2.28. The average molecular weight is 407 g/mol. The molecule has 0 aliphatic rings. The number of fused-ring (bicyclic) bond motifs is 3. The zero-order valence-corrected chi connectivity index (χ0v) is 18.5. The molecule has 4 nitrogen and oxygen atoms in total. The van der Waals surface area contributed by atoms with Crippen molar-refractivity contribution in [3.63, 3.8) is 0 Å². The molecule has 0 saturated heterocycles. The van der Waals surface area contributed by atoms with Gasteiger partial charge in [-0.1, -0.05) is 54.6 Å². The fourth-order valence-corrected chi connectivity index (χ4v) is 4.26. The zero-order chi connectivity index (χ0) is 19.3. The van der Waals surface area contributed by atoms with E-state index in [9.17, 15) is 13.0 Å². The second-order valence-electron chi connectivity index (χ2n) is 6.75. The minimum absolute atomic E-state index is 0. The van der Waals surface area contributed by atoms with Crippen LogP contribution in [0.5, 0.6) is 0 Å². The molecule has 0 aliphatic heterocycles. The van der Waals surface area contributed by atoms with Crippen LogP contribution in [-0.4, -0.2) is 18.0 Å². The maximum Gasteiger partial charge on any atom is 1.00 e. The van der Waals surface area contributed by atoms with Crippen molar-refractivity contribution < 1.29 is 42.5 Å². The second-order valence-corrected chi connectivity index (χ2v) is 8.04. The van der Waals surface area contributed by atoms with E-state index in [1.807, 2.05) is 48.5 Å². The summed E-state index contributed by atoms with van der Waals surface area (Å²) in [4.78, 5) is 4.15. The average Bonchev–Trinajstić information content (AvgIpc) is 2.70. The van der Waals surface area contributed by atoms with E-state index in [4.69, 9.17) is 0 Å². The Kier molecular flexibility index (Phi) is 5.19. The maximum absolute atomic E-state index is 11.9. The molecule has 0 atom stereocenters. The van der Waals surface area contributed by atoms with Gasteiger partial charge in [-0.3, -0.25) is 0 Å². The largest absolute Gasteiger partial charge is 1.00 e. The molecule has 136 valence electrons. The molecule has 0 radical (unpaired) electrons. The first-order valence-electron chi connectivity index (χ1n) is 8.78. The molecule has 5 rings (SSSR count). The van der Waals surface area contributed by atoms with Gasteiger partial charge in [-0.2, -0.15) is 0 Å². The summed E-state index contributed by atoms with van der Waals surface area (Å²) < 4.78 is 35.7. The molecule has 0 N–H and O–H groups in total. The Morgan fingerprint density at radius 3 is 1.93 bits per heavy atom. The van der Waals surface area contributed by atoms with Gasteiger partial charge in [0.25, 0.3) is 0 Å². The molecule has 0 bridgehead atoms. The van der Waals surface area contributed by atoms with Crippen molar-refractivity contribution in [3.8, 4) is 11.1 Å². The van der Waals surface area contributed by atoms with E-state index in [0.717, 1.165) is 26.9 Å². The molecule has 0 saturated carbocycles. The van der Waals surface area contributed by atoms with Crippen molar-refractivity contribution >= 4 is 42.6 Å². The molecule has 0 fully saturated rings. The summed E-state index contributed by atoms with van der Waals surface area (Å²) >= 11 is 0. The van der Waals surface area contributed by atoms with Crippen molar-refractivity contribution in [2.45, 2.75) is 5.03 Å². The zero-order valence-electron chi connectivity index (χ0n) is 15.7. The smallest absolute Gasteiger partial charge is 0.743 e. The number of rotatable bonds is 2. The molecular formula is C23H14NNaO3S. The van der Waals surface area contributed by atoms with Crippen molar-refractivity contribution in [3.05, 3.63) is 84.9 Å². The molecule has 0 amide bonds. The van der Waals surface area contributed by atoms with Gasteiger partial charge < -0.3 is 4.55 Å². The molecule has 1 aromatic heterocycles. The van der Waals surface area contributed by atoms with E-state index < -0.39 is 15.1 Å². The Balaban J connectivity index is 0.00000205. The van der Waals surface area contributed by atoms with Gasteiger partial charge in [0.15, 0.2) is 5.03 Å². The summed E-state index contributed by atoms with van der Waals surface area (Å²) in [6.45, 7) is 0. The van der Waals surface area contributed by atoms with E-state index in [-0.39, 0.29) is 29.6 Å². The van der Waals surface area contributed by atoms with Gasteiger partial charge in [0.2, 0.25) is 0 Å². The fourth-order valence-electron chi connectivity index (χ4n) is 3.60. The van der Waals surface area contributed by atoms with Crippen LogP contribution in [-0.2, 0) is 10.1 Å². The number of para-hydroxylation sites is 1. The van der Waals surface area contributed by atoms with E-state index >= 15 is 0 Å². The Labute approximate surface area is 190 Å². The third-order valence-electron chi connectivity index (χ3n) is 4.94. The minimum Gasteiger partial charge on any atom is -0.743 e. The van der Waals surface area contributed by atoms with Gasteiger partial charge in [-0.05, 0) is 57.4 Å². The molecule has 1 heterocycles. The number of benzene rings is 4. The van der Waals surface area contributed by atoms with Crippen LogP contribution in [0.2, 0.25) is 0 Å². The van der Waals surface area contributed by atoms with Crippen molar-refractivity contribution in [2.24, 2.45) is 0 Å². The van der Waals surface area contributed by atoms with E-state index in [0.29, 0.717) is 16.6 Å². The van der Waals surface area contributed by atoms with Crippen LogP contribution in [0, 0.1) is 0 Å². The summed E-state index contributed by atoms with van der Waals surface area (Å²) in [7, 11) is -4.72. The van der Waals surface area contributed by atoms with Crippen LogP contribution in [0.15, 0.2) is 90.0 Å². The number of nitrogens with zero attached hydrogens (tertiary/aromatic N) is 1. The summed E-state index contributed by atoms with van der Waals surface area (Å²) in [5, 5.41) is 4.59. The molecule has 0 aliphatic carbocycles. The summed E-state index contributed by atoms with van der Waals surface area (Å²) in [5.74, 6) is 0. The SMILES string of the molecule is O=S(=O)([O-])c1nc2ccccc2cc1-c1ccc2cc3ccccc3cc2c1.[Na+]. The van der Waals surface area contributed by atoms with Crippen LogP contribution in [0.25, 0.3) is 43.6 Å². The first kappa shape index (κ1) is 20.0. The summed E-state index contributed by atoms with van der Waals surface area (Å²) in [5.41, 5.74) is 1.45. The van der Waals surface area contributed by atoms with Gasteiger partial charge in [0.1, 0.15) is 10.1 Å².